The normalized spacial score (nSPS) is 22.3. The molecule has 0 radical (unpaired) electrons. The number of fused-ring (bicyclic) bond motifs is 1. The van der Waals surface area contributed by atoms with Crippen molar-refractivity contribution in [2.45, 2.75) is 50.3 Å². The standard InChI is InChI=1S/C22H29N3O5S/c1-16-11-25(12-17(2)30-16)22(27)15-31(28,29)20-13-24(19-8-4-3-7-18(19)20)14-21(26)23-9-5-6-10-23/h3-4,7-8,13,16-17H,5-6,9-12,14-15H2,1-2H3. The molecule has 2 aliphatic heterocycles. The number of sulfone groups is 1. The molecule has 3 heterocycles. The van der Waals surface area contributed by atoms with Crippen molar-refractivity contribution in [3.63, 3.8) is 0 Å². The third-order valence-corrected chi connectivity index (χ3v) is 7.56. The second-order valence-corrected chi connectivity index (χ2v) is 10.5. The number of hydrogen-bond acceptors (Lipinski definition) is 5. The molecular weight excluding hydrogens is 418 g/mol. The van der Waals surface area contributed by atoms with E-state index in [0.29, 0.717) is 24.0 Å². The molecule has 0 spiro atoms. The van der Waals surface area contributed by atoms with E-state index in [1.165, 1.54) is 6.20 Å². The van der Waals surface area contributed by atoms with E-state index in [2.05, 4.69) is 0 Å². The van der Waals surface area contributed by atoms with Crippen molar-refractivity contribution in [2.75, 3.05) is 31.9 Å². The molecule has 2 unspecified atom stereocenters. The van der Waals surface area contributed by atoms with Crippen molar-refractivity contribution in [1.29, 1.82) is 0 Å². The first-order chi connectivity index (χ1) is 14.7. The molecule has 2 aromatic rings. The Morgan fingerprint density at radius 2 is 1.65 bits per heavy atom. The predicted molar refractivity (Wildman–Crippen MR) is 116 cm³/mol. The highest BCUT2D eigenvalue weighted by molar-refractivity contribution is 7.92. The number of amides is 2. The molecule has 0 N–H and O–H groups in total. The minimum atomic E-state index is -3.88. The lowest BCUT2D eigenvalue weighted by molar-refractivity contribution is -0.140. The monoisotopic (exact) mass is 447 g/mol. The van der Waals surface area contributed by atoms with Crippen LogP contribution in [-0.2, 0) is 30.7 Å². The first-order valence-corrected chi connectivity index (χ1v) is 12.4. The maximum Gasteiger partial charge on any atom is 0.242 e. The van der Waals surface area contributed by atoms with Crippen LogP contribution in [0.2, 0.25) is 0 Å². The zero-order valence-electron chi connectivity index (χ0n) is 18.0. The first-order valence-electron chi connectivity index (χ1n) is 10.8. The fourth-order valence-corrected chi connectivity index (χ4v) is 5.98. The van der Waals surface area contributed by atoms with Crippen LogP contribution in [0.25, 0.3) is 10.9 Å². The average Bonchev–Trinajstić information content (AvgIpc) is 3.36. The van der Waals surface area contributed by atoms with Crippen LogP contribution < -0.4 is 0 Å². The summed E-state index contributed by atoms with van der Waals surface area (Å²) >= 11 is 0. The predicted octanol–water partition coefficient (Wildman–Crippen LogP) is 1.67. The van der Waals surface area contributed by atoms with E-state index in [1.807, 2.05) is 24.8 Å². The number of likely N-dealkylation sites (tertiary alicyclic amines) is 1. The molecule has 8 nitrogen and oxygen atoms in total. The van der Waals surface area contributed by atoms with E-state index in [0.717, 1.165) is 25.9 Å². The third kappa shape index (κ3) is 4.62. The zero-order chi connectivity index (χ0) is 22.2. The molecule has 2 atom stereocenters. The lowest BCUT2D eigenvalue weighted by atomic mass is 10.2. The van der Waals surface area contributed by atoms with Crippen LogP contribution >= 0.6 is 0 Å². The highest BCUT2D eigenvalue weighted by Gasteiger charge is 2.31. The Hall–Kier alpha value is -2.39. The van der Waals surface area contributed by atoms with Crippen molar-refractivity contribution >= 4 is 32.6 Å². The Morgan fingerprint density at radius 1 is 1.00 bits per heavy atom. The lowest BCUT2D eigenvalue weighted by Crippen LogP contribution is -2.49. The molecule has 2 amide bonds. The van der Waals surface area contributed by atoms with Gasteiger partial charge in [0.15, 0.2) is 9.84 Å². The summed E-state index contributed by atoms with van der Waals surface area (Å²) in [7, 11) is -3.88. The van der Waals surface area contributed by atoms with Crippen LogP contribution in [0.15, 0.2) is 35.4 Å². The summed E-state index contributed by atoms with van der Waals surface area (Å²) in [5.74, 6) is -1.04. The van der Waals surface area contributed by atoms with Gasteiger partial charge in [0.1, 0.15) is 12.3 Å². The number of para-hydroxylation sites is 1. The fourth-order valence-electron chi connectivity index (χ4n) is 4.52. The van der Waals surface area contributed by atoms with Gasteiger partial charge in [-0.3, -0.25) is 9.59 Å². The molecule has 2 fully saturated rings. The molecule has 1 aromatic heterocycles. The molecule has 0 saturated carbocycles. The number of carbonyl (C=O) groups is 2. The van der Waals surface area contributed by atoms with Gasteiger partial charge in [-0.25, -0.2) is 8.42 Å². The molecule has 4 rings (SSSR count). The first kappa shape index (κ1) is 21.8. The molecule has 0 aliphatic carbocycles. The van der Waals surface area contributed by atoms with Crippen LogP contribution in [0.5, 0.6) is 0 Å². The van der Waals surface area contributed by atoms with Crippen molar-refractivity contribution < 1.29 is 22.7 Å². The van der Waals surface area contributed by atoms with E-state index in [4.69, 9.17) is 4.74 Å². The van der Waals surface area contributed by atoms with Gasteiger partial charge in [0, 0.05) is 43.3 Å². The Kier molecular flexibility index (Phi) is 6.07. The Morgan fingerprint density at radius 3 is 2.32 bits per heavy atom. The van der Waals surface area contributed by atoms with Gasteiger partial charge >= 0.3 is 0 Å². The molecule has 168 valence electrons. The van der Waals surface area contributed by atoms with E-state index in [-0.39, 0.29) is 29.6 Å². The Balaban J connectivity index is 1.59. The van der Waals surface area contributed by atoms with Crippen LogP contribution in [-0.4, -0.2) is 78.7 Å². The van der Waals surface area contributed by atoms with Crippen LogP contribution in [0, 0.1) is 0 Å². The number of morpholine rings is 1. The van der Waals surface area contributed by atoms with Gasteiger partial charge in [0.25, 0.3) is 0 Å². The minimum Gasteiger partial charge on any atom is -0.372 e. The van der Waals surface area contributed by atoms with E-state index in [9.17, 15) is 18.0 Å². The summed E-state index contributed by atoms with van der Waals surface area (Å²) in [4.78, 5) is 28.9. The number of carbonyl (C=O) groups excluding carboxylic acids is 2. The lowest BCUT2D eigenvalue weighted by Gasteiger charge is -2.35. The van der Waals surface area contributed by atoms with Crippen molar-refractivity contribution in [3.8, 4) is 0 Å². The van der Waals surface area contributed by atoms with Crippen molar-refractivity contribution in [2.24, 2.45) is 0 Å². The van der Waals surface area contributed by atoms with Gasteiger partial charge < -0.3 is 19.1 Å². The van der Waals surface area contributed by atoms with Crippen molar-refractivity contribution in [3.05, 3.63) is 30.5 Å². The fraction of sp³-hybridized carbons (Fsp3) is 0.545. The number of aromatic nitrogens is 1. The maximum absolute atomic E-state index is 13.2. The number of hydrogen-bond donors (Lipinski definition) is 0. The van der Waals surface area contributed by atoms with Gasteiger partial charge in [-0.15, -0.1) is 0 Å². The van der Waals surface area contributed by atoms with Gasteiger partial charge in [0.05, 0.1) is 17.1 Å². The van der Waals surface area contributed by atoms with Crippen LogP contribution in [0.1, 0.15) is 26.7 Å². The second-order valence-electron chi connectivity index (χ2n) is 8.54. The number of ether oxygens (including phenoxy) is 1. The molecule has 2 aliphatic rings. The second kappa shape index (κ2) is 8.63. The summed E-state index contributed by atoms with van der Waals surface area (Å²) in [5, 5.41) is 0.535. The highest BCUT2D eigenvalue weighted by Crippen LogP contribution is 2.27. The summed E-state index contributed by atoms with van der Waals surface area (Å²) in [6, 6.07) is 7.11. The van der Waals surface area contributed by atoms with Gasteiger partial charge in [-0.05, 0) is 32.8 Å². The molecule has 9 heteroatoms. The number of benzene rings is 1. The topological polar surface area (TPSA) is 88.9 Å². The largest absolute Gasteiger partial charge is 0.372 e. The van der Waals surface area contributed by atoms with Gasteiger partial charge in [0.2, 0.25) is 11.8 Å². The van der Waals surface area contributed by atoms with E-state index < -0.39 is 21.5 Å². The average molecular weight is 448 g/mol. The molecular formula is C22H29N3O5S. The van der Waals surface area contributed by atoms with Gasteiger partial charge in [-0.2, -0.15) is 0 Å². The molecule has 1 aromatic carbocycles. The Bertz CT molecular complexity index is 1080. The molecule has 2 saturated heterocycles. The maximum atomic E-state index is 13.2. The van der Waals surface area contributed by atoms with Crippen LogP contribution in [0.4, 0.5) is 0 Å². The number of rotatable bonds is 5. The number of nitrogens with zero attached hydrogens (tertiary/aromatic N) is 3. The van der Waals surface area contributed by atoms with Crippen molar-refractivity contribution in [1.82, 2.24) is 14.4 Å². The summed E-state index contributed by atoms with van der Waals surface area (Å²) < 4.78 is 33.8. The SMILES string of the molecule is CC1CN(C(=O)CS(=O)(=O)c2cn(CC(=O)N3CCCC3)c3ccccc23)CC(C)O1. The zero-order valence-corrected chi connectivity index (χ0v) is 18.8. The molecule has 31 heavy (non-hydrogen) atoms. The quantitative estimate of drug-likeness (QED) is 0.696. The highest BCUT2D eigenvalue weighted by atomic mass is 32.2. The van der Waals surface area contributed by atoms with E-state index >= 15 is 0 Å². The smallest absolute Gasteiger partial charge is 0.242 e. The Labute approximate surface area is 182 Å². The minimum absolute atomic E-state index is 0.0189. The summed E-state index contributed by atoms with van der Waals surface area (Å²) in [5.41, 5.74) is 0.676. The summed E-state index contributed by atoms with van der Waals surface area (Å²) in [6.07, 6.45) is 3.24. The van der Waals surface area contributed by atoms with Gasteiger partial charge in [-0.1, -0.05) is 18.2 Å². The van der Waals surface area contributed by atoms with E-state index in [1.54, 1.807) is 27.7 Å². The molecule has 0 bridgehead atoms. The van der Waals surface area contributed by atoms with Crippen LogP contribution in [0.3, 0.4) is 0 Å². The third-order valence-electron chi connectivity index (χ3n) is 5.94. The summed E-state index contributed by atoms with van der Waals surface area (Å²) in [6.45, 7) is 6.07.